The summed E-state index contributed by atoms with van der Waals surface area (Å²) in [5, 5.41) is 0.201. The quantitative estimate of drug-likeness (QED) is 0.451. The molecule has 0 radical (unpaired) electrons. The highest BCUT2D eigenvalue weighted by Crippen LogP contribution is 2.46. The zero-order valence-electron chi connectivity index (χ0n) is 12.7. The van der Waals surface area contributed by atoms with Crippen molar-refractivity contribution in [2.75, 3.05) is 0 Å². The van der Waals surface area contributed by atoms with Crippen LogP contribution in [0.15, 0.2) is 12.7 Å². The van der Waals surface area contributed by atoms with E-state index in [1.807, 2.05) is 6.08 Å². The molecule has 4 heteroatoms. The van der Waals surface area contributed by atoms with E-state index in [-0.39, 0.29) is 35.1 Å². The van der Waals surface area contributed by atoms with Crippen LogP contribution in [0, 0.1) is 11.8 Å². The molecule has 0 aromatic rings. The van der Waals surface area contributed by atoms with Crippen LogP contribution >= 0.6 is 0 Å². The van der Waals surface area contributed by atoms with Crippen LogP contribution in [-0.4, -0.2) is 26.5 Å². The summed E-state index contributed by atoms with van der Waals surface area (Å²) < 4.78 is 11.9. The number of hydrogen-bond acceptors (Lipinski definition) is 3. The van der Waals surface area contributed by atoms with E-state index in [1.165, 1.54) is 0 Å². The van der Waals surface area contributed by atoms with E-state index < -0.39 is 8.32 Å². The van der Waals surface area contributed by atoms with Crippen molar-refractivity contribution < 1.29 is 14.0 Å². The lowest BCUT2D eigenvalue weighted by Crippen LogP contribution is -2.45. The Morgan fingerprint density at radius 3 is 2.58 bits per heavy atom. The van der Waals surface area contributed by atoms with E-state index >= 15 is 0 Å². The summed E-state index contributed by atoms with van der Waals surface area (Å²) in [6, 6.07) is 0. The van der Waals surface area contributed by atoms with Gasteiger partial charge in [0.05, 0.1) is 12.5 Å². The molecule has 0 spiro atoms. The fraction of sp³-hybridized carbons (Fsp3) is 0.800. The van der Waals surface area contributed by atoms with E-state index in [0.717, 1.165) is 6.42 Å². The molecule has 2 rings (SSSR count). The van der Waals surface area contributed by atoms with Crippen LogP contribution in [0.5, 0.6) is 0 Å². The van der Waals surface area contributed by atoms with Crippen molar-refractivity contribution in [3.05, 3.63) is 12.7 Å². The largest absolute Gasteiger partial charge is 0.462 e. The van der Waals surface area contributed by atoms with Gasteiger partial charge in [0, 0.05) is 18.3 Å². The standard InChI is InChI=1S/C15H26O3Si/c1-7-10-11-8-14(16)17-12(11)9-13(10)18-19(5,6)15(2,3)4/h7,10-13H,1,8-9H2,2-6H3/t10-,11+,12-,13+/m1/s1. The first-order valence-electron chi connectivity index (χ1n) is 7.15. The summed E-state index contributed by atoms with van der Waals surface area (Å²) in [7, 11) is -1.78. The second-order valence-corrected chi connectivity index (χ2v) is 12.1. The summed E-state index contributed by atoms with van der Waals surface area (Å²) in [6.07, 6.45) is 3.54. The third kappa shape index (κ3) is 2.65. The monoisotopic (exact) mass is 282 g/mol. The first-order chi connectivity index (χ1) is 8.65. The lowest BCUT2D eigenvalue weighted by molar-refractivity contribution is -0.141. The van der Waals surface area contributed by atoms with Crippen LogP contribution in [0.1, 0.15) is 33.6 Å². The Morgan fingerprint density at radius 1 is 1.42 bits per heavy atom. The summed E-state index contributed by atoms with van der Waals surface area (Å²) in [5.74, 6) is 0.470. The fourth-order valence-electron chi connectivity index (χ4n) is 2.91. The smallest absolute Gasteiger partial charge is 0.306 e. The van der Waals surface area contributed by atoms with Crippen molar-refractivity contribution >= 4 is 14.3 Å². The Bertz CT molecular complexity index is 383. The Morgan fingerprint density at radius 2 is 2.05 bits per heavy atom. The third-order valence-corrected chi connectivity index (χ3v) is 9.58. The molecule has 2 fully saturated rings. The second kappa shape index (κ2) is 4.74. The molecule has 4 atom stereocenters. The van der Waals surface area contributed by atoms with Gasteiger partial charge in [-0.2, -0.15) is 0 Å². The molecule has 1 saturated heterocycles. The number of hydrogen-bond donors (Lipinski definition) is 0. The number of carbonyl (C=O) groups excluding carboxylic acids is 1. The Kier molecular flexibility index (Phi) is 3.69. The Balaban J connectivity index is 2.11. The van der Waals surface area contributed by atoms with E-state index in [2.05, 4.69) is 40.4 Å². The molecule has 0 aromatic carbocycles. The van der Waals surface area contributed by atoms with Gasteiger partial charge in [-0.15, -0.1) is 6.58 Å². The molecule has 0 aromatic heterocycles. The van der Waals surface area contributed by atoms with Crippen LogP contribution in [0.3, 0.4) is 0 Å². The first-order valence-corrected chi connectivity index (χ1v) is 10.1. The van der Waals surface area contributed by atoms with Crippen molar-refractivity contribution in [3.8, 4) is 0 Å². The van der Waals surface area contributed by atoms with Crippen LogP contribution in [0.2, 0.25) is 18.1 Å². The predicted octanol–water partition coefficient (Wildman–Crippen LogP) is 3.51. The summed E-state index contributed by atoms with van der Waals surface area (Å²) in [5.41, 5.74) is 0. The van der Waals surface area contributed by atoms with Crippen LogP contribution in [0.4, 0.5) is 0 Å². The van der Waals surface area contributed by atoms with Gasteiger partial charge in [0.2, 0.25) is 0 Å². The summed E-state index contributed by atoms with van der Waals surface area (Å²) in [6.45, 7) is 15.2. The molecule has 1 saturated carbocycles. The second-order valence-electron chi connectivity index (χ2n) is 7.36. The molecule has 1 heterocycles. The van der Waals surface area contributed by atoms with Gasteiger partial charge in [-0.05, 0) is 18.1 Å². The van der Waals surface area contributed by atoms with E-state index in [0.29, 0.717) is 6.42 Å². The van der Waals surface area contributed by atoms with Crippen molar-refractivity contribution in [2.45, 2.75) is 64.0 Å². The van der Waals surface area contributed by atoms with Crippen LogP contribution in [0.25, 0.3) is 0 Å². The number of esters is 1. The minimum Gasteiger partial charge on any atom is -0.462 e. The average molecular weight is 282 g/mol. The third-order valence-electron chi connectivity index (χ3n) is 5.08. The van der Waals surface area contributed by atoms with Gasteiger partial charge in [-0.3, -0.25) is 4.79 Å². The molecular weight excluding hydrogens is 256 g/mol. The van der Waals surface area contributed by atoms with Crippen LogP contribution < -0.4 is 0 Å². The molecule has 3 nitrogen and oxygen atoms in total. The molecule has 0 bridgehead atoms. The lowest BCUT2D eigenvalue weighted by Gasteiger charge is -2.39. The maximum Gasteiger partial charge on any atom is 0.306 e. The molecule has 2 aliphatic rings. The molecule has 0 amide bonds. The first kappa shape index (κ1) is 14.8. The normalized spacial score (nSPS) is 35.1. The number of carbonyl (C=O) groups is 1. The molecule has 1 aliphatic heterocycles. The lowest BCUT2D eigenvalue weighted by atomic mass is 9.92. The van der Waals surface area contributed by atoms with Crippen molar-refractivity contribution in [3.63, 3.8) is 0 Å². The molecule has 0 N–H and O–H groups in total. The minimum absolute atomic E-state index is 0.0465. The van der Waals surface area contributed by atoms with Gasteiger partial charge in [-0.1, -0.05) is 26.8 Å². The van der Waals surface area contributed by atoms with E-state index in [9.17, 15) is 4.79 Å². The molecule has 0 unspecified atom stereocenters. The van der Waals surface area contributed by atoms with Gasteiger partial charge < -0.3 is 9.16 Å². The van der Waals surface area contributed by atoms with Gasteiger partial charge in [0.15, 0.2) is 8.32 Å². The number of ether oxygens (including phenoxy) is 1. The van der Waals surface area contributed by atoms with Gasteiger partial charge >= 0.3 is 5.97 Å². The molecule has 1 aliphatic carbocycles. The number of rotatable bonds is 3. The topological polar surface area (TPSA) is 35.5 Å². The maximum absolute atomic E-state index is 11.4. The van der Waals surface area contributed by atoms with Crippen LogP contribution in [-0.2, 0) is 14.0 Å². The molecule has 108 valence electrons. The maximum atomic E-state index is 11.4. The predicted molar refractivity (Wildman–Crippen MR) is 78.4 cm³/mol. The summed E-state index contributed by atoms with van der Waals surface area (Å²) >= 11 is 0. The molecular formula is C15H26O3Si. The highest BCUT2D eigenvalue weighted by molar-refractivity contribution is 6.74. The highest BCUT2D eigenvalue weighted by atomic mass is 28.4. The van der Waals surface area contributed by atoms with E-state index in [1.54, 1.807) is 0 Å². The average Bonchev–Trinajstić information content (AvgIpc) is 2.70. The molecule has 19 heavy (non-hydrogen) atoms. The summed E-state index contributed by atoms with van der Waals surface area (Å²) in [4.78, 5) is 11.4. The van der Waals surface area contributed by atoms with Crippen molar-refractivity contribution in [2.24, 2.45) is 11.8 Å². The highest BCUT2D eigenvalue weighted by Gasteiger charge is 2.51. The zero-order valence-corrected chi connectivity index (χ0v) is 13.7. The Hall–Kier alpha value is -0.613. The van der Waals surface area contributed by atoms with Crippen molar-refractivity contribution in [1.82, 2.24) is 0 Å². The number of fused-ring (bicyclic) bond motifs is 1. The fourth-order valence-corrected chi connectivity index (χ4v) is 4.27. The van der Waals surface area contributed by atoms with Crippen molar-refractivity contribution in [1.29, 1.82) is 0 Å². The van der Waals surface area contributed by atoms with Gasteiger partial charge in [-0.25, -0.2) is 0 Å². The van der Waals surface area contributed by atoms with Gasteiger partial charge in [0.1, 0.15) is 6.10 Å². The SMILES string of the molecule is C=C[C@@H]1[C@@H]2CC(=O)O[C@@H]2C[C@@H]1O[Si](C)(C)C(C)(C)C. The van der Waals surface area contributed by atoms with Gasteiger partial charge in [0.25, 0.3) is 0 Å². The Labute approximate surface area is 117 Å². The zero-order chi connectivity index (χ0) is 14.4. The van der Waals surface area contributed by atoms with E-state index in [4.69, 9.17) is 9.16 Å². The minimum atomic E-state index is -1.78.